The van der Waals surface area contributed by atoms with E-state index < -0.39 is 11.3 Å². The molecule has 0 aliphatic heterocycles. The average Bonchev–Trinajstić information content (AvgIpc) is 2.27. The number of hydrogen-bond acceptors (Lipinski definition) is 3. The zero-order valence-electron chi connectivity index (χ0n) is 7.99. The van der Waals surface area contributed by atoms with Crippen molar-refractivity contribution < 1.29 is 14.3 Å². The lowest BCUT2D eigenvalue weighted by atomic mass is 10.1. The number of benzene rings is 1. The maximum absolute atomic E-state index is 11.1. The Morgan fingerprint density at radius 2 is 2.14 bits per heavy atom. The van der Waals surface area contributed by atoms with Crippen molar-refractivity contribution in [3.8, 4) is 5.75 Å². The van der Waals surface area contributed by atoms with E-state index in [1.807, 2.05) is 0 Å². The van der Waals surface area contributed by atoms with Crippen LogP contribution in [0.1, 0.15) is 10.9 Å². The number of esters is 1. The van der Waals surface area contributed by atoms with Crippen LogP contribution >= 0.6 is 11.6 Å². The second kappa shape index (κ2) is 4.86. The molecule has 0 aliphatic rings. The number of alkyl halides is 1. The predicted octanol–water partition coefficient (Wildman–Crippen LogP) is 2.15. The lowest BCUT2D eigenvalue weighted by molar-refractivity contribution is -0.140. The fourth-order valence-corrected chi connectivity index (χ4v) is 1.26. The van der Waals surface area contributed by atoms with E-state index in [2.05, 4.69) is 4.74 Å². The molecule has 1 unspecified atom stereocenters. The first-order valence-corrected chi connectivity index (χ1v) is 4.48. The Balaban J connectivity index is 2.89. The molecule has 14 heavy (non-hydrogen) atoms. The van der Waals surface area contributed by atoms with E-state index in [0.717, 1.165) is 0 Å². The highest BCUT2D eigenvalue weighted by atomic mass is 35.5. The number of carbonyl (C=O) groups excluding carboxylic acids is 1. The van der Waals surface area contributed by atoms with Crippen molar-refractivity contribution in [2.45, 2.75) is 5.38 Å². The molecule has 1 rings (SSSR count). The minimum atomic E-state index is -0.782. The summed E-state index contributed by atoms with van der Waals surface area (Å²) in [6.07, 6.45) is 0. The van der Waals surface area contributed by atoms with Crippen LogP contribution in [0.2, 0.25) is 0 Å². The summed E-state index contributed by atoms with van der Waals surface area (Å²) in [5.74, 6) is 0.192. The molecule has 1 aromatic rings. The van der Waals surface area contributed by atoms with Crippen molar-refractivity contribution in [3.63, 3.8) is 0 Å². The zero-order chi connectivity index (χ0) is 10.6. The highest BCUT2D eigenvalue weighted by Gasteiger charge is 2.18. The van der Waals surface area contributed by atoms with Gasteiger partial charge in [-0.3, -0.25) is 4.79 Å². The summed E-state index contributed by atoms with van der Waals surface area (Å²) >= 11 is 5.86. The van der Waals surface area contributed by atoms with Gasteiger partial charge in [0.25, 0.3) is 0 Å². The summed E-state index contributed by atoms with van der Waals surface area (Å²) in [6.45, 7) is 0. The van der Waals surface area contributed by atoms with Crippen LogP contribution in [0.25, 0.3) is 0 Å². The fraction of sp³-hybridized carbons (Fsp3) is 0.300. The van der Waals surface area contributed by atoms with E-state index in [-0.39, 0.29) is 0 Å². The van der Waals surface area contributed by atoms with E-state index in [1.54, 1.807) is 31.4 Å². The number of carbonyl (C=O) groups is 1. The fourth-order valence-electron chi connectivity index (χ4n) is 1.04. The number of ether oxygens (including phenoxy) is 2. The van der Waals surface area contributed by atoms with Gasteiger partial charge in [0.15, 0.2) is 5.38 Å². The van der Waals surface area contributed by atoms with Gasteiger partial charge in [0.1, 0.15) is 5.75 Å². The van der Waals surface area contributed by atoms with Crippen LogP contribution < -0.4 is 4.74 Å². The third-order valence-corrected chi connectivity index (χ3v) is 2.22. The largest absolute Gasteiger partial charge is 0.497 e. The molecule has 3 nitrogen and oxygen atoms in total. The Hall–Kier alpha value is -1.22. The molecule has 0 spiro atoms. The topological polar surface area (TPSA) is 35.5 Å². The van der Waals surface area contributed by atoms with Gasteiger partial charge in [-0.15, -0.1) is 11.6 Å². The Labute approximate surface area is 87.6 Å². The molecule has 0 saturated heterocycles. The summed E-state index contributed by atoms with van der Waals surface area (Å²) in [6, 6.07) is 7.00. The Morgan fingerprint density at radius 3 is 2.71 bits per heavy atom. The quantitative estimate of drug-likeness (QED) is 0.571. The summed E-state index contributed by atoms with van der Waals surface area (Å²) in [5.41, 5.74) is 0.665. The minimum absolute atomic E-state index is 0.472. The van der Waals surface area contributed by atoms with Crippen molar-refractivity contribution in [1.29, 1.82) is 0 Å². The smallest absolute Gasteiger partial charge is 0.328 e. The Bertz CT molecular complexity index is 325. The van der Waals surface area contributed by atoms with Crippen molar-refractivity contribution in [1.82, 2.24) is 0 Å². The van der Waals surface area contributed by atoms with Crippen molar-refractivity contribution >= 4 is 17.6 Å². The second-order valence-electron chi connectivity index (χ2n) is 2.66. The molecule has 0 aliphatic carbocycles. The molecule has 0 saturated carbocycles. The van der Waals surface area contributed by atoms with Gasteiger partial charge in [-0.2, -0.15) is 0 Å². The molecule has 76 valence electrons. The molecule has 0 fully saturated rings. The first-order valence-electron chi connectivity index (χ1n) is 4.05. The molecule has 1 aromatic carbocycles. The molecule has 0 heterocycles. The monoisotopic (exact) mass is 214 g/mol. The van der Waals surface area contributed by atoms with E-state index >= 15 is 0 Å². The molecular formula is C10H11ClO3. The maximum atomic E-state index is 11.1. The van der Waals surface area contributed by atoms with Gasteiger partial charge in [-0.25, -0.2) is 0 Å². The van der Waals surface area contributed by atoms with Crippen molar-refractivity contribution in [2.75, 3.05) is 14.2 Å². The van der Waals surface area contributed by atoms with Gasteiger partial charge in [-0.1, -0.05) is 12.1 Å². The van der Waals surface area contributed by atoms with Crippen molar-refractivity contribution in [2.24, 2.45) is 0 Å². The third kappa shape index (κ3) is 2.39. The summed E-state index contributed by atoms with van der Waals surface area (Å²) in [5, 5.41) is -0.782. The van der Waals surface area contributed by atoms with Crippen LogP contribution in [0.15, 0.2) is 24.3 Å². The summed E-state index contributed by atoms with van der Waals surface area (Å²) < 4.78 is 9.54. The Kier molecular flexibility index (Phi) is 3.77. The van der Waals surface area contributed by atoms with Crippen LogP contribution in [-0.2, 0) is 9.53 Å². The first-order chi connectivity index (χ1) is 6.69. The minimum Gasteiger partial charge on any atom is -0.497 e. The molecule has 0 N–H and O–H groups in total. The number of hydrogen-bond donors (Lipinski definition) is 0. The van der Waals surface area contributed by atoms with E-state index in [1.165, 1.54) is 7.11 Å². The standard InChI is InChI=1S/C10H11ClO3/c1-13-8-5-3-4-7(6-8)9(11)10(12)14-2/h3-6,9H,1-2H3. The maximum Gasteiger partial charge on any atom is 0.328 e. The highest BCUT2D eigenvalue weighted by Crippen LogP contribution is 2.24. The van der Waals surface area contributed by atoms with Crippen LogP contribution in [-0.4, -0.2) is 20.2 Å². The van der Waals surface area contributed by atoms with Crippen LogP contribution in [0.5, 0.6) is 5.75 Å². The first kappa shape index (κ1) is 10.9. The number of methoxy groups -OCH3 is 2. The van der Waals surface area contributed by atoms with E-state index in [9.17, 15) is 4.79 Å². The molecule has 1 atom stereocenters. The number of rotatable bonds is 3. The van der Waals surface area contributed by atoms with Gasteiger partial charge < -0.3 is 9.47 Å². The normalized spacial score (nSPS) is 11.9. The van der Waals surface area contributed by atoms with E-state index in [4.69, 9.17) is 16.3 Å². The summed E-state index contributed by atoms with van der Waals surface area (Å²) in [7, 11) is 2.86. The van der Waals surface area contributed by atoms with E-state index in [0.29, 0.717) is 11.3 Å². The van der Waals surface area contributed by atoms with Gasteiger partial charge >= 0.3 is 5.97 Å². The molecule has 4 heteroatoms. The molecule has 0 aromatic heterocycles. The third-order valence-electron chi connectivity index (χ3n) is 1.79. The predicted molar refractivity (Wildman–Crippen MR) is 53.6 cm³/mol. The van der Waals surface area contributed by atoms with Crippen LogP contribution in [0.4, 0.5) is 0 Å². The van der Waals surface area contributed by atoms with Crippen LogP contribution in [0.3, 0.4) is 0 Å². The summed E-state index contributed by atoms with van der Waals surface area (Å²) in [4.78, 5) is 11.1. The Morgan fingerprint density at radius 1 is 1.43 bits per heavy atom. The molecule has 0 amide bonds. The number of halogens is 1. The van der Waals surface area contributed by atoms with Gasteiger partial charge in [-0.05, 0) is 17.7 Å². The van der Waals surface area contributed by atoms with Gasteiger partial charge in [0.05, 0.1) is 14.2 Å². The zero-order valence-corrected chi connectivity index (χ0v) is 8.75. The molecule has 0 bridgehead atoms. The average molecular weight is 215 g/mol. The van der Waals surface area contributed by atoms with Gasteiger partial charge in [0, 0.05) is 0 Å². The van der Waals surface area contributed by atoms with Crippen molar-refractivity contribution in [3.05, 3.63) is 29.8 Å². The molecular weight excluding hydrogens is 204 g/mol. The van der Waals surface area contributed by atoms with Crippen LogP contribution in [0, 0.1) is 0 Å². The lowest BCUT2D eigenvalue weighted by Gasteiger charge is -2.08. The second-order valence-corrected chi connectivity index (χ2v) is 3.10. The lowest BCUT2D eigenvalue weighted by Crippen LogP contribution is -2.08. The molecule has 0 radical (unpaired) electrons. The SMILES string of the molecule is COC(=O)C(Cl)c1cccc(OC)c1. The highest BCUT2D eigenvalue weighted by molar-refractivity contribution is 6.29. The van der Waals surface area contributed by atoms with Gasteiger partial charge in [0.2, 0.25) is 0 Å².